The van der Waals surface area contributed by atoms with Gasteiger partial charge >= 0.3 is 0 Å². The monoisotopic (exact) mass is 414 g/mol. The maximum absolute atomic E-state index is 11.2. The van der Waals surface area contributed by atoms with Crippen LogP contribution in [0.1, 0.15) is 12.5 Å². The summed E-state index contributed by atoms with van der Waals surface area (Å²) >= 11 is 13.0. The van der Waals surface area contributed by atoms with Gasteiger partial charge in [-0.2, -0.15) is 10.6 Å². The number of halogens is 2. The number of nitrogens with zero attached hydrogens (tertiary/aromatic N) is 1. The minimum absolute atomic E-state index is 0.285. The van der Waals surface area contributed by atoms with Crippen LogP contribution >= 0.6 is 23.2 Å². The lowest BCUT2D eigenvalue weighted by molar-refractivity contribution is -0.125. The van der Waals surface area contributed by atoms with Gasteiger partial charge in [-0.1, -0.05) is 41.4 Å². The Morgan fingerprint density at radius 3 is 2.79 bits per heavy atom. The van der Waals surface area contributed by atoms with Gasteiger partial charge in [0.2, 0.25) is 5.91 Å². The smallest absolute Gasteiger partial charge is 0.249 e. The van der Waals surface area contributed by atoms with E-state index in [9.17, 15) is 4.79 Å². The first-order valence-electron chi connectivity index (χ1n) is 8.50. The van der Waals surface area contributed by atoms with Crippen molar-refractivity contribution in [1.82, 2.24) is 20.7 Å². The summed E-state index contributed by atoms with van der Waals surface area (Å²) in [6.07, 6.45) is 1.91. The highest BCUT2D eigenvalue weighted by Gasteiger charge is 2.20. The van der Waals surface area contributed by atoms with Crippen molar-refractivity contribution in [1.29, 1.82) is 0 Å². The number of hydroxylamine groups is 1. The third-order valence-corrected chi connectivity index (χ3v) is 5.03. The molecule has 0 unspecified atom stereocenters. The Labute approximate surface area is 170 Å². The summed E-state index contributed by atoms with van der Waals surface area (Å²) < 4.78 is 0. The van der Waals surface area contributed by atoms with Crippen molar-refractivity contribution in [3.8, 4) is 28.3 Å². The first kappa shape index (κ1) is 18.4. The van der Waals surface area contributed by atoms with Gasteiger partial charge in [0.15, 0.2) is 5.75 Å². The fraction of sp³-hybridized carbons (Fsp3) is 0.100. The van der Waals surface area contributed by atoms with Gasteiger partial charge in [0.25, 0.3) is 0 Å². The molecule has 1 amide bonds. The number of hydrogen-bond acceptors (Lipinski definition) is 3. The number of H-pyrrole nitrogens is 2. The summed E-state index contributed by atoms with van der Waals surface area (Å²) in [7, 11) is 0. The SMILES string of the molecule is CC(=O)NOc1c(C)cc(Cl)c(-c2cc(-c3c[nH]c4ccccc34)n[nH]2)c1Cl. The minimum Gasteiger partial charge on any atom is -0.378 e. The third-order valence-electron chi connectivity index (χ3n) is 4.37. The largest absolute Gasteiger partial charge is 0.378 e. The van der Waals surface area contributed by atoms with Gasteiger partial charge in [-0.25, -0.2) is 0 Å². The Bertz CT molecular complexity index is 1200. The Hall–Kier alpha value is -2.96. The lowest BCUT2D eigenvalue weighted by Gasteiger charge is -2.14. The molecule has 0 saturated carbocycles. The summed E-state index contributed by atoms with van der Waals surface area (Å²) in [5, 5.41) is 9.22. The molecular weight excluding hydrogens is 399 g/mol. The molecule has 0 bridgehead atoms. The lowest BCUT2D eigenvalue weighted by atomic mass is 10.1. The third kappa shape index (κ3) is 3.21. The first-order chi connectivity index (χ1) is 13.5. The van der Waals surface area contributed by atoms with Gasteiger partial charge in [0, 0.05) is 35.2 Å². The van der Waals surface area contributed by atoms with E-state index in [4.69, 9.17) is 28.0 Å². The van der Waals surface area contributed by atoms with Crippen LogP contribution in [-0.2, 0) is 4.79 Å². The summed E-state index contributed by atoms with van der Waals surface area (Å²) in [6.45, 7) is 3.14. The van der Waals surface area contributed by atoms with Crippen molar-refractivity contribution in [2.24, 2.45) is 0 Å². The summed E-state index contributed by atoms with van der Waals surface area (Å²) in [5.74, 6) is -0.00496. The minimum atomic E-state index is -0.338. The highest BCUT2D eigenvalue weighted by Crippen LogP contribution is 2.43. The molecule has 6 nitrogen and oxygen atoms in total. The molecule has 4 rings (SSSR count). The normalized spacial score (nSPS) is 11.0. The van der Waals surface area contributed by atoms with E-state index in [1.165, 1.54) is 6.92 Å². The van der Waals surface area contributed by atoms with Crippen LogP contribution in [0.3, 0.4) is 0 Å². The predicted molar refractivity (Wildman–Crippen MR) is 111 cm³/mol. The molecule has 0 spiro atoms. The average Bonchev–Trinajstić information content (AvgIpc) is 3.27. The van der Waals surface area contributed by atoms with E-state index >= 15 is 0 Å². The number of rotatable bonds is 4. The van der Waals surface area contributed by atoms with Gasteiger partial charge in [-0.15, -0.1) is 0 Å². The molecule has 0 saturated heterocycles. The molecule has 0 aliphatic heterocycles. The maximum Gasteiger partial charge on any atom is 0.249 e. The zero-order valence-corrected chi connectivity index (χ0v) is 16.6. The number of nitrogens with one attached hydrogen (secondary N) is 3. The van der Waals surface area contributed by atoms with Crippen LogP contribution in [0.4, 0.5) is 0 Å². The van der Waals surface area contributed by atoms with Crippen LogP contribution in [0.5, 0.6) is 5.75 Å². The second-order valence-corrected chi connectivity index (χ2v) is 7.15. The molecule has 142 valence electrons. The predicted octanol–water partition coefficient (Wildman–Crippen LogP) is 5.27. The maximum atomic E-state index is 11.2. The van der Waals surface area contributed by atoms with Crippen molar-refractivity contribution in [2.45, 2.75) is 13.8 Å². The molecule has 2 heterocycles. The van der Waals surface area contributed by atoms with Crippen LogP contribution in [-0.4, -0.2) is 21.1 Å². The van der Waals surface area contributed by atoms with Crippen molar-refractivity contribution < 1.29 is 9.63 Å². The number of hydrogen-bond donors (Lipinski definition) is 3. The number of carbonyl (C=O) groups excluding carboxylic acids is 1. The summed E-state index contributed by atoms with van der Waals surface area (Å²) in [5.41, 5.74) is 6.93. The van der Waals surface area contributed by atoms with Crippen LogP contribution in [0.15, 0.2) is 42.6 Å². The Balaban J connectivity index is 1.78. The number of benzene rings is 2. The van der Waals surface area contributed by atoms with Gasteiger partial charge in [0.05, 0.1) is 21.4 Å². The van der Waals surface area contributed by atoms with Gasteiger partial charge < -0.3 is 9.82 Å². The fourth-order valence-corrected chi connectivity index (χ4v) is 3.89. The van der Waals surface area contributed by atoms with E-state index in [0.29, 0.717) is 27.6 Å². The highest BCUT2D eigenvalue weighted by molar-refractivity contribution is 6.40. The van der Waals surface area contributed by atoms with Gasteiger partial charge in [0.1, 0.15) is 0 Å². The van der Waals surface area contributed by atoms with Crippen LogP contribution in [0, 0.1) is 6.92 Å². The molecule has 0 atom stereocenters. The molecule has 0 aliphatic carbocycles. The van der Waals surface area contributed by atoms with Gasteiger partial charge in [-0.3, -0.25) is 9.89 Å². The molecule has 3 N–H and O–H groups in total. The summed E-state index contributed by atoms with van der Waals surface area (Å²) in [4.78, 5) is 19.8. The molecule has 0 fully saturated rings. The number of aryl methyl sites for hydroxylation is 1. The van der Waals surface area contributed by atoms with Crippen LogP contribution in [0.2, 0.25) is 10.0 Å². The molecule has 2 aromatic heterocycles. The Morgan fingerprint density at radius 1 is 1.21 bits per heavy atom. The van der Waals surface area contributed by atoms with Crippen LogP contribution < -0.4 is 10.3 Å². The van der Waals surface area contributed by atoms with E-state index in [2.05, 4.69) is 20.7 Å². The van der Waals surface area contributed by atoms with E-state index in [1.54, 1.807) is 13.0 Å². The van der Waals surface area contributed by atoms with Gasteiger partial charge in [-0.05, 0) is 30.7 Å². The highest BCUT2D eigenvalue weighted by atomic mass is 35.5. The second kappa shape index (κ2) is 7.22. The van der Waals surface area contributed by atoms with E-state index in [1.807, 2.05) is 36.5 Å². The van der Waals surface area contributed by atoms with Crippen molar-refractivity contribution in [2.75, 3.05) is 0 Å². The van der Waals surface area contributed by atoms with E-state index in [0.717, 1.165) is 22.2 Å². The van der Waals surface area contributed by atoms with Crippen molar-refractivity contribution >= 4 is 40.0 Å². The number of fused-ring (bicyclic) bond motifs is 1. The standard InChI is InChI=1S/C20H16Cl2N4O2/c1-10-7-14(21)18(19(22)20(10)28-26-11(2)27)17-8-16(24-25-17)13-9-23-15-6-4-3-5-12(13)15/h3-9,23H,1-2H3,(H,24,25)(H,26,27). The number of aromatic nitrogens is 3. The first-order valence-corrected chi connectivity index (χ1v) is 9.25. The lowest BCUT2D eigenvalue weighted by Crippen LogP contribution is -2.24. The molecular formula is C20H16Cl2N4O2. The fourth-order valence-electron chi connectivity index (χ4n) is 3.09. The number of carbonyl (C=O) groups is 1. The number of aromatic amines is 2. The summed E-state index contributed by atoms with van der Waals surface area (Å²) in [6, 6.07) is 11.6. The topological polar surface area (TPSA) is 82.8 Å². The average molecular weight is 415 g/mol. The van der Waals surface area contributed by atoms with E-state index in [-0.39, 0.29) is 10.9 Å². The Morgan fingerprint density at radius 2 is 2.00 bits per heavy atom. The molecule has 0 radical (unpaired) electrons. The molecule has 28 heavy (non-hydrogen) atoms. The van der Waals surface area contributed by atoms with E-state index < -0.39 is 0 Å². The molecule has 4 aromatic rings. The zero-order chi connectivity index (χ0) is 19.8. The molecule has 8 heteroatoms. The van der Waals surface area contributed by atoms with Crippen molar-refractivity contribution in [3.05, 3.63) is 58.2 Å². The Kier molecular flexibility index (Phi) is 4.75. The number of amides is 1. The number of para-hydroxylation sites is 1. The quantitative estimate of drug-likeness (QED) is 0.397. The molecule has 2 aromatic carbocycles. The van der Waals surface area contributed by atoms with Crippen LogP contribution in [0.25, 0.3) is 33.4 Å². The van der Waals surface area contributed by atoms with Crippen molar-refractivity contribution in [3.63, 3.8) is 0 Å². The molecule has 0 aliphatic rings. The zero-order valence-electron chi connectivity index (χ0n) is 15.1. The second-order valence-electron chi connectivity index (χ2n) is 6.37.